The summed E-state index contributed by atoms with van der Waals surface area (Å²) in [4.78, 5) is 9.07. The first-order valence-electron chi connectivity index (χ1n) is 12.2. The van der Waals surface area contributed by atoms with Crippen LogP contribution in [0.1, 0.15) is 30.4 Å². The predicted octanol–water partition coefficient (Wildman–Crippen LogP) is 2.74. The van der Waals surface area contributed by atoms with Gasteiger partial charge in [0.15, 0.2) is 5.60 Å². The third-order valence-corrected chi connectivity index (χ3v) is 8.56. The van der Waals surface area contributed by atoms with Crippen molar-refractivity contribution < 1.29 is 22.7 Å². The molecule has 7 rings (SSSR count). The van der Waals surface area contributed by atoms with Gasteiger partial charge in [-0.2, -0.15) is 0 Å². The van der Waals surface area contributed by atoms with Gasteiger partial charge in [-0.3, -0.25) is 0 Å². The number of tetrazole rings is 1. The van der Waals surface area contributed by atoms with E-state index in [1.54, 1.807) is 6.20 Å². The Bertz CT molecular complexity index is 1280. The third-order valence-electron chi connectivity index (χ3n) is 8.56. The smallest absolute Gasteiger partial charge is 0.287 e. The van der Waals surface area contributed by atoms with Gasteiger partial charge in [-0.05, 0) is 65.9 Å². The van der Waals surface area contributed by atoms with E-state index in [1.165, 1.54) is 0 Å². The maximum atomic E-state index is 16.3. The number of likely N-dealkylation sites (N-methyl/N-ethyl adjacent to an activating group) is 1. The number of hydrogen-bond donors (Lipinski definition) is 1. The van der Waals surface area contributed by atoms with Gasteiger partial charge in [0.25, 0.3) is 5.92 Å². The SMILES string of the molecule is CN1CCN(c2ccc(C34CC(C(F)(F)[C@@](O)(Cn5cnnn5)c5ccc(F)cc5F)(C3)C4)cn2)CC1. The summed E-state index contributed by atoms with van der Waals surface area (Å²) in [6.45, 7) is 2.87. The Labute approximate surface area is 210 Å². The Morgan fingerprint density at radius 2 is 1.76 bits per heavy atom. The fourth-order valence-electron chi connectivity index (χ4n) is 6.45. The van der Waals surface area contributed by atoms with Crippen LogP contribution in [0.3, 0.4) is 0 Å². The van der Waals surface area contributed by atoms with Gasteiger partial charge in [-0.1, -0.05) is 6.07 Å². The molecule has 3 saturated carbocycles. The number of hydrogen-bond acceptors (Lipinski definition) is 7. The van der Waals surface area contributed by atoms with E-state index in [2.05, 4.69) is 37.4 Å². The standard InChI is InChI=1S/C25H27F4N7O/c1-34-6-8-35(9-7-34)21-5-2-17(11-30-21)22-12-23(13-22,14-22)25(28,29)24(37,15-36-16-31-32-33-36)19-4-3-18(26)10-20(19)27/h2-5,10-11,16,37H,6-9,12-15H2,1H3/t22?,23?,24-/m1/s1. The van der Waals surface area contributed by atoms with E-state index in [0.717, 1.165) is 60.7 Å². The lowest BCUT2D eigenvalue weighted by atomic mass is 9.30. The van der Waals surface area contributed by atoms with Gasteiger partial charge in [0.05, 0.1) is 6.54 Å². The lowest BCUT2D eigenvalue weighted by molar-refractivity contribution is -0.347. The van der Waals surface area contributed by atoms with Gasteiger partial charge in [-0.25, -0.2) is 27.2 Å². The molecule has 0 spiro atoms. The maximum absolute atomic E-state index is 16.3. The minimum absolute atomic E-state index is 0.128. The van der Waals surface area contributed by atoms with Crippen molar-refractivity contribution in [2.45, 2.75) is 42.7 Å². The summed E-state index contributed by atoms with van der Waals surface area (Å²) >= 11 is 0. The fraction of sp³-hybridized carbons (Fsp3) is 0.520. The summed E-state index contributed by atoms with van der Waals surface area (Å²) in [5, 5.41) is 21.9. The fourth-order valence-corrected chi connectivity index (χ4v) is 6.45. The van der Waals surface area contributed by atoms with Crippen LogP contribution in [0.15, 0.2) is 42.9 Å². The molecular weight excluding hydrogens is 490 g/mol. The number of anilines is 1. The summed E-state index contributed by atoms with van der Waals surface area (Å²) in [6, 6.07) is 6.11. The zero-order valence-electron chi connectivity index (χ0n) is 20.3. The zero-order chi connectivity index (χ0) is 26.1. The maximum Gasteiger partial charge on any atom is 0.287 e. The summed E-state index contributed by atoms with van der Waals surface area (Å²) in [6.07, 6.45) is 3.22. The Hall–Kier alpha value is -3.12. The second-order valence-electron chi connectivity index (χ2n) is 10.9. The molecule has 3 heterocycles. The molecule has 1 N–H and O–H groups in total. The van der Waals surface area contributed by atoms with Gasteiger partial charge >= 0.3 is 0 Å². The lowest BCUT2D eigenvalue weighted by Crippen LogP contribution is -2.76. The Morgan fingerprint density at radius 1 is 1.03 bits per heavy atom. The molecule has 12 heteroatoms. The second kappa shape index (κ2) is 8.19. The van der Waals surface area contributed by atoms with Crippen LogP contribution < -0.4 is 4.90 Å². The summed E-state index contributed by atoms with van der Waals surface area (Å²) in [5.74, 6) is -5.06. The number of nitrogens with zero attached hydrogens (tertiary/aromatic N) is 7. The summed E-state index contributed by atoms with van der Waals surface area (Å²) in [5.41, 5.74) is -4.77. The first-order chi connectivity index (χ1) is 17.6. The number of aromatic nitrogens is 5. The van der Waals surface area contributed by atoms with Crippen molar-refractivity contribution >= 4 is 5.82 Å². The highest BCUT2D eigenvalue weighted by Gasteiger charge is 2.82. The van der Waals surface area contributed by atoms with Crippen molar-refractivity contribution in [3.63, 3.8) is 0 Å². The molecule has 3 aromatic rings. The molecule has 37 heavy (non-hydrogen) atoms. The van der Waals surface area contributed by atoms with Crippen LogP contribution >= 0.6 is 0 Å². The molecule has 3 aliphatic carbocycles. The van der Waals surface area contributed by atoms with E-state index in [4.69, 9.17) is 0 Å². The molecule has 1 aliphatic heterocycles. The van der Waals surface area contributed by atoms with Crippen LogP contribution in [0.5, 0.6) is 0 Å². The highest BCUT2D eigenvalue weighted by atomic mass is 19.3. The van der Waals surface area contributed by atoms with Crippen LogP contribution in [0.2, 0.25) is 0 Å². The topological polar surface area (TPSA) is 83.2 Å². The van der Waals surface area contributed by atoms with Crippen molar-refractivity contribution in [1.82, 2.24) is 30.1 Å². The van der Waals surface area contributed by atoms with Gasteiger partial charge < -0.3 is 14.9 Å². The van der Waals surface area contributed by atoms with Gasteiger partial charge in [-0.15, -0.1) is 5.10 Å². The first kappa shape index (κ1) is 24.2. The number of pyridine rings is 1. The molecule has 4 aliphatic rings. The van der Waals surface area contributed by atoms with E-state index in [9.17, 15) is 13.9 Å². The zero-order valence-corrected chi connectivity index (χ0v) is 20.3. The predicted molar refractivity (Wildman–Crippen MR) is 125 cm³/mol. The number of rotatable bonds is 7. The van der Waals surface area contributed by atoms with Crippen LogP contribution in [-0.4, -0.2) is 74.3 Å². The van der Waals surface area contributed by atoms with Crippen molar-refractivity contribution in [2.24, 2.45) is 5.41 Å². The van der Waals surface area contributed by atoms with Crippen LogP contribution in [0.4, 0.5) is 23.4 Å². The molecule has 0 unspecified atom stereocenters. The lowest BCUT2D eigenvalue weighted by Gasteiger charge is -2.74. The monoisotopic (exact) mass is 517 g/mol. The number of piperazine rings is 1. The minimum atomic E-state index is -3.75. The Morgan fingerprint density at radius 3 is 2.35 bits per heavy atom. The van der Waals surface area contributed by atoms with Gasteiger partial charge in [0.1, 0.15) is 23.8 Å². The third kappa shape index (κ3) is 3.56. The Balaban J connectivity index is 1.25. The van der Waals surface area contributed by atoms with Crippen molar-refractivity contribution in [3.8, 4) is 0 Å². The van der Waals surface area contributed by atoms with E-state index in [1.807, 2.05) is 12.1 Å². The molecule has 1 atom stereocenters. The minimum Gasteiger partial charge on any atom is -0.377 e. The second-order valence-corrected chi connectivity index (χ2v) is 10.9. The highest BCUT2D eigenvalue weighted by molar-refractivity contribution is 5.46. The summed E-state index contributed by atoms with van der Waals surface area (Å²) < 4.78 is 61.9. The average Bonchev–Trinajstić information content (AvgIpc) is 3.31. The molecule has 196 valence electrons. The molecule has 1 saturated heterocycles. The summed E-state index contributed by atoms with van der Waals surface area (Å²) in [7, 11) is 2.08. The van der Waals surface area contributed by atoms with Gasteiger partial charge in [0, 0.05) is 49.4 Å². The molecule has 0 radical (unpaired) electrons. The van der Waals surface area contributed by atoms with Crippen molar-refractivity contribution in [2.75, 3.05) is 38.1 Å². The van der Waals surface area contributed by atoms with E-state index in [0.29, 0.717) is 6.07 Å². The molecule has 8 nitrogen and oxygen atoms in total. The average molecular weight is 518 g/mol. The van der Waals surface area contributed by atoms with Crippen LogP contribution in [0, 0.1) is 17.0 Å². The normalized spacial score (nSPS) is 27.4. The van der Waals surface area contributed by atoms with Crippen molar-refractivity contribution in [1.29, 1.82) is 0 Å². The number of aliphatic hydroxyl groups is 1. The van der Waals surface area contributed by atoms with Crippen molar-refractivity contribution in [3.05, 3.63) is 65.6 Å². The molecule has 2 bridgehead atoms. The highest BCUT2D eigenvalue weighted by Crippen LogP contribution is 2.80. The molecule has 0 amide bonds. The number of benzene rings is 1. The van der Waals surface area contributed by atoms with E-state index < -0.39 is 46.1 Å². The van der Waals surface area contributed by atoms with Crippen LogP contribution in [-0.2, 0) is 17.6 Å². The van der Waals surface area contributed by atoms with Crippen LogP contribution in [0.25, 0.3) is 0 Å². The largest absolute Gasteiger partial charge is 0.377 e. The van der Waals surface area contributed by atoms with Gasteiger partial charge in [0.2, 0.25) is 0 Å². The van der Waals surface area contributed by atoms with E-state index >= 15 is 8.78 Å². The number of halogens is 4. The quantitative estimate of drug-likeness (QED) is 0.483. The Kier molecular flexibility index (Phi) is 5.36. The molecule has 1 aromatic carbocycles. The molecule has 2 aromatic heterocycles. The molecule has 4 fully saturated rings. The van der Waals surface area contributed by atoms with E-state index in [-0.39, 0.29) is 19.3 Å². The first-order valence-corrected chi connectivity index (χ1v) is 12.2. The number of alkyl halides is 2. The molecular formula is C25H27F4N7O.